The van der Waals surface area contributed by atoms with Gasteiger partial charge in [-0.1, -0.05) is 18.2 Å². The zero-order valence-electron chi connectivity index (χ0n) is 13.3. The van der Waals surface area contributed by atoms with Gasteiger partial charge in [0.1, 0.15) is 12.8 Å². The molecular weight excluding hydrogens is 296 g/mol. The van der Waals surface area contributed by atoms with Gasteiger partial charge in [0.25, 0.3) is 0 Å². The minimum atomic E-state index is -1.35. The first-order valence-corrected chi connectivity index (χ1v) is 7.66. The molecule has 2 atom stereocenters. The van der Waals surface area contributed by atoms with Crippen LogP contribution in [0, 0.1) is 0 Å². The highest BCUT2D eigenvalue weighted by Gasteiger charge is 2.35. The van der Waals surface area contributed by atoms with Crippen LogP contribution in [0.4, 0.5) is 0 Å². The zero-order valence-corrected chi connectivity index (χ0v) is 13.3. The maximum atomic E-state index is 12.3. The molecule has 1 unspecified atom stereocenters. The van der Waals surface area contributed by atoms with Gasteiger partial charge in [0.15, 0.2) is 12.2 Å². The number of carbonyl (C=O) groups is 1. The van der Waals surface area contributed by atoms with Crippen LogP contribution < -0.4 is 0 Å². The number of nitrogens with zero attached hydrogens (tertiary/aromatic N) is 2. The van der Waals surface area contributed by atoms with Crippen molar-refractivity contribution in [2.24, 2.45) is 0 Å². The molecule has 1 fully saturated rings. The van der Waals surface area contributed by atoms with E-state index in [4.69, 9.17) is 9.15 Å². The van der Waals surface area contributed by atoms with E-state index in [2.05, 4.69) is 19.1 Å². The molecule has 0 radical (unpaired) electrons. The maximum Gasteiger partial charge on any atom is 0.340 e. The summed E-state index contributed by atoms with van der Waals surface area (Å²) in [4.78, 5) is 16.4. The molecule has 0 spiro atoms. The van der Waals surface area contributed by atoms with Crippen LogP contribution in [0.3, 0.4) is 0 Å². The third kappa shape index (κ3) is 3.43. The molecule has 1 aliphatic heterocycles. The molecule has 1 saturated heterocycles. The van der Waals surface area contributed by atoms with E-state index < -0.39 is 12.1 Å². The number of hydrogen-bond donors (Lipinski definition) is 1. The summed E-state index contributed by atoms with van der Waals surface area (Å²) in [6, 6.07) is 7.00. The first kappa shape index (κ1) is 15.7. The molecule has 1 aromatic heterocycles. The largest absolute Gasteiger partial charge is 0.454 e. The Hall–Kier alpha value is -2.18. The van der Waals surface area contributed by atoms with Crippen molar-refractivity contribution in [3.63, 3.8) is 0 Å². The zero-order chi connectivity index (χ0) is 16.4. The van der Waals surface area contributed by atoms with Crippen LogP contribution in [0.5, 0.6) is 0 Å². The fraction of sp³-hybridized carbons (Fsp3) is 0.412. The Morgan fingerprint density at radius 3 is 2.87 bits per heavy atom. The van der Waals surface area contributed by atoms with E-state index >= 15 is 0 Å². The average Bonchev–Trinajstić information content (AvgIpc) is 3.16. The summed E-state index contributed by atoms with van der Waals surface area (Å²) in [5.74, 6) is -0.262. The molecule has 122 valence electrons. The van der Waals surface area contributed by atoms with E-state index in [-0.39, 0.29) is 6.10 Å². The number of rotatable bonds is 4. The maximum absolute atomic E-state index is 12.3. The second-order valence-corrected chi connectivity index (χ2v) is 6.52. The van der Waals surface area contributed by atoms with Gasteiger partial charge in [0.2, 0.25) is 5.89 Å². The number of ether oxygens (including phenoxy) is 1. The topological polar surface area (TPSA) is 72.6 Å². The van der Waals surface area contributed by atoms with Crippen LogP contribution in [0.2, 0.25) is 0 Å². The van der Waals surface area contributed by atoms with Crippen molar-refractivity contribution in [1.82, 2.24) is 4.98 Å². The van der Waals surface area contributed by atoms with Gasteiger partial charge in [-0.15, -0.1) is 0 Å². The molecule has 6 heteroatoms. The number of likely N-dealkylation sites (tertiary alicyclic amines) is 1. The molecule has 0 saturated carbocycles. The molecule has 3 rings (SSSR count). The van der Waals surface area contributed by atoms with E-state index in [1.807, 2.05) is 0 Å². The van der Waals surface area contributed by atoms with Crippen LogP contribution in [0.25, 0.3) is 11.5 Å². The molecular formula is C17H21N2O4+. The number of hydrogen-bond acceptors (Lipinski definition) is 5. The van der Waals surface area contributed by atoms with Crippen molar-refractivity contribution in [1.29, 1.82) is 0 Å². The second kappa shape index (κ2) is 6.14. The Morgan fingerprint density at radius 2 is 2.22 bits per heavy atom. The van der Waals surface area contributed by atoms with Gasteiger partial charge in [-0.3, -0.25) is 0 Å². The Morgan fingerprint density at radius 1 is 1.43 bits per heavy atom. The van der Waals surface area contributed by atoms with E-state index in [0.29, 0.717) is 17.0 Å². The third-order valence-corrected chi connectivity index (χ3v) is 4.18. The summed E-state index contributed by atoms with van der Waals surface area (Å²) in [6.07, 6.45) is 2.28. The summed E-state index contributed by atoms with van der Waals surface area (Å²) >= 11 is 0. The van der Waals surface area contributed by atoms with E-state index in [1.165, 1.54) is 12.5 Å². The number of esters is 1. The van der Waals surface area contributed by atoms with E-state index in [1.54, 1.807) is 24.3 Å². The lowest BCUT2D eigenvalue weighted by atomic mass is 10.0. The molecule has 1 aliphatic rings. The minimum Gasteiger partial charge on any atom is -0.454 e. The smallest absolute Gasteiger partial charge is 0.340 e. The van der Waals surface area contributed by atoms with Crippen LogP contribution in [-0.2, 0) is 9.53 Å². The number of likely N-dealkylation sites (N-methyl/N-ethyl adjacent to an activating group) is 1. The van der Waals surface area contributed by atoms with Gasteiger partial charge < -0.3 is 18.7 Å². The molecule has 23 heavy (non-hydrogen) atoms. The standard InChI is InChI=1S/C17H21N2O4/c1-19(2)9-7-12(11-19)23-17(21)15(20)13-5-3-4-6-14(13)16-18-8-10-22-16/h3-6,8,10,12,15,20H,7,9,11H2,1-2H3/q+1/t12-,15?/m1/s1. The summed E-state index contributed by atoms with van der Waals surface area (Å²) in [5.41, 5.74) is 1.02. The molecule has 1 N–H and O–H groups in total. The van der Waals surface area contributed by atoms with Gasteiger partial charge >= 0.3 is 5.97 Å². The van der Waals surface area contributed by atoms with Crippen LogP contribution in [-0.4, -0.2) is 53.8 Å². The molecule has 1 aromatic carbocycles. The number of aromatic nitrogens is 1. The minimum absolute atomic E-state index is 0.152. The fourth-order valence-electron chi connectivity index (χ4n) is 2.97. The molecule has 2 aromatic rings. The lowest BCUT2D eigenvalue weighted by Crippen LogP contribution is -2.38. The number of benzene rings is 1. The summed E-state index contributed by atoms with van der Waals surface area (Å²) in [7, 11) is 4.20. The fourth-order valence-corrected chi connectivity index (χ4v) is 2.97. The van der Waals surface area contributed by atoms with Crippen molar-refractivity contribution in [3.05, 3.63) is 42.3 Å². The van der Waals surface area contributed by atoms with Crippen molar-refractivity contribution in [2.75, 3.05) is 27.2 Å². The highest BCUT2D eigenvalue weighted by molar-refractivity contribution is 5.79. The van der Waals surface area contributed by atoms with Gasteiger partial charge in [0.05, 0.1) is 26.8 Å². The lowest BCUT2D eigenvalue weighted by Gasteiger charge is -2.23. The predicted molar refractivity (Wildman–Crippen MR) is 83.2 cm³/mol. The SMILES string of the molecule is C[N+]1(C)CC[C@@H](OC(=O)C(O)c2ccccc2-c2ncco2)C1. The van der Waals surface area contributed by atoms with E-state index in [9.17, 15) is 9.90 Å². The number of carbonyl (C=O) groups excluding carboxylic acids is 1. The molecule has 0 amide bonds. The Kier molecular flexibility index (Phi) is 4.19. The Balaban J connectivity index is 1.76. The predicted octanol–water partition coefficient (Wildman–Crippen LogP) is 1.77. The van der Waals surface area contributed by atoms with Crippen molar-refractivity contribution in [2.45, 2.75) is 18.6 Å². The quantitative estimate of drug-likeness (QED) is 0.687. The van der Waals surface area contributed by atoms with Crippen LogP contribution >= 0.6 is 0 Å². The van der Waals surface area contributed by atoms with Crippen molar-refractivity contribution >= 4 is 5.97 Å². The molecule has 0 aliphatic carbocycles. The van der Waals surface area contributed by atoms with Gasteiger partial charge in [-0.2, -0.15) is 0 Å². The normalized spacial score (nSPS) is 21.1. The summed E-state index contributed by atoms with van der Waals surface area (Å²) < 4.78 is 11.6. The van der Waals surface area contributed by atoms with E-state index in [0.717, 1.165) is 24.0 Å². The van der Waals surface area contributed by atoms with Gasteiger partial charge in [-0.25, -0.2) is 9.78 Å². The summed E-state index contributed by atoms with van der Waals surface area (Å²) in [5, 5.41) is 10.4. The monoisotopic (exact) mass is 317 g/mol. The Bertz CT molecular complexity index is 682. The summed E-state index contributed by atoms with van der Waals surface area (Å²) in [6.45, 7) is 1.72. The molecule has 6 nitrogen and oxygen atoms in total. The number of quaternary nitrogens is 1. The van der Waals surface area contributed by atoms with Crippen LogP contribution in [0.15, 0.2) is 41.1 Å². The highest BCUT2D eigenvalue weighted by atomic mass is 16.6. The first-order valence-electron chi connectivity index (χ1n) is 7.66. The molecule has 2 heterocycles. The third-order valence-electron chi connectivity index (χ3n) is 4.18. The lowest BCUT2D eigenvalue weighted by molar-refractivity contribution is -0.879. The number of oxazole rings is 1. The van der Waals surface area contributed by atoms with Gasteiger partial charge in [-0.05, 0) is 6.07 Å². The highest BCUT2D eigenvalue weighted by Crippen LogP contribution is 2.28. The van der Waals surface area contributed by atoms with Crippen LogP contribution in [0.1, 0.15) is 18.1 Å². The second-order valence-electron chi connectivity index (χ2n) is 6.52. The number of aliphatic hydroxyl groups is 1. The average molecular weight is 317 g/mol. The van der Waals surface area contributed by atoms with Crippen molar-refractivity contribution in [3.8, 4) is 11.5 Å². The first-order chi connectivity index (χ1) is 11.0. The van der Waals surface area contributed by atoms with Crippen molar-refractivity contribution < 1.29 is 23.5 Å². The van der Waals surface area contributed by atoms with Gasteiger partial charge in [0, 0.05) is 17.5 Å². The Labute approximate surface area is 134 Å². The molecule has 0 bridgehead atoms. The number of aliphatic hydroxyl groups excluding tert-OH is 1.